The third-order valence-electron chi connectivity index (χ3n) is 2.78. The number of alkyl halides is 3. The summed E-state index contributed by atoms with van der Waals surface area (Å²) in [4.78, 5) is 7.40. The fraction of sp³-hybridized carbons (Fsp3) is 0.286. The number of rotatable bonds is 5. The minimum absolute atomic E-state index is 0.0257. The van der Waals surface area contributed by atoms with Crippen LogP contribution in [0.2, 0.25) is 5.02 Å². The second-order valence-corrected chi connectivity index (χ2v) is 5.26. The number of hydrogen-bond acceptors (Lipinski definition) is 5. The van der Waals surface area contributed by atoms with Crippen molar-refractivity contribution in [1.29, 1.82) is 0 Å². The topological polar surface area (TPSA) is 70.1 Å². The smallest absolute Gasteiger partial charge is 0.394 e. The molecule has 2 aromatic rings. The monoisotopic (exact) mass is 346 g/mol. The maximum Gasteiger partial charge on any atom is 0.433 e. The number of aromatic nitrogens is 2. The molecule has 3 N–H and O–H groups in total. The standard InChI is InChI=1S/C14H14ClF3N4O/c1-8(7-23)19-13-21-11(14(16,17)18)6-12(22-13)20-10-4-2-9(15)3-5-10/h2-6,8,23H,7H2,1H3,(H2,19,20,21,22)/t8-/m1/s1. The van der Waals surface area contributed by atoms with Crippen LogP contribution in [0, 0.1) is 0 Å². The zero-order valence-corrected chi connectivity index (χ0v) is 12.8. The van der Waals surface area contributed by atoms with Crippen LogP contribution >= 0.6 is 11.6 Å². The summed E-state index contributed by atoms with van der Waals surface area (Å²) in [5.41, 5.74) is -0.556. The average molecular weight is 347 g/mol. The molecule has 5 nitrogen and oxygen atoms in total. The van der Waals surface area contributed by atoms with Gasteiger partial charge in [0.15, 0.2) is 5.69 Å². The molecule has 1 aromatic heterocycles. The van der Waals surface area contributed by atoms with Crippen LogP contribution < -0.4 is 10.6 Å². The lowest BCUT2D eigenvalue weighted by Gasteiger charge is -2.15. The first-order valence-electron chi connectivity index (χ1n) is 6.64. The Hall–Kier alpha value is -2.06. The summed E-state index contributed by atoms with van der Waals surface area (Å²) in [5.74, 6) is -0.250. The van der Waals surface area contributed by atoms with Crippen molar-refractivity contribution < 1.29 is 18.3 Å². The van der Waals surface area contributed by atoms with Gasteiger partial charge in [-0.25, -0.2) is 4.98 Å². The van der Waals surface area contributed by atoms with Crippen LogP contribution in [0.5, 0.6) is 0 Å². The van der Waals surface area contributed by atoms with Crippen molar-refractivity contribution >= 4 is 29.1 Å². The summed E-state index contributed by atoms with van der Waals surface area (Å²) in [6.45, 7) is 1.33. The van der Waals surface area contributed by atoms with Gasteiger partial charge < -0.3 is 15.7 Å². The Kier molecular flexibility index (Phi) is 5.27. The van der Waals surface area contributed by atoms with Crippen molar-refractivity contribution in [3.8, 4) is 0 Å². The van der Waals surface area contributed by atoms with E-state index in [-0.39, 0.29) is 18.4 Å². The fourth-order valence-electron chi connectivity index (χ4n) is 1.67. The van der Waals surface area contributed by atoms with E-state index in [1.54, 1.807) is 31.2 Å². The third-order valence-corrected chi connectivity index (χ3v) is 3.03. The number of hydrogen-bond donors (Lipinski definition) is 3. The molecule has 0 saturated carbocycles. The zero-order chi connectivity index (χ0) is 17.0. The van der Waals surface area contributed by atoms with E-state index in [1.807, 2.05) is 0 Å². The minimum Gasteiger partial charge on any atom is -0.394 e. The van der Waals surface area contributed by atoms with Gasteiger partial charge in [0.1, 0.15) is 5.82 Å². The number of aliphatic hydroxyl groups excluding tert-OH is 1. The second-order valence-electron chi connectivity index (χ2n) is 4.82. The molecule has 1 atom stereocenters. The molecule has 0 unspecified atom stereocenters. The quantitative estimate of drug-likeness (QED) is 0.770. The van der Waals surface area contributed by atoms with Crippen molar-refractivity contribution in [2.24, 2.45) is 0 Å². The number of benzene rings is 1. The highest BCUT2D eigenvalue weighted by Gasteiger charge is 2.33. The van der Waals surface area contributed by atoms with E-state index in [0.717, 1.165) is 6.07 Å². The summed E-state index contributed by atoms with van der Waals surface area (Å²) in [6.07, 6.45) is -4.61. The summed E-state index contributed by atoms with van der Waals surface area (Å²) in [5, 5.41) is 14.9. The Balaban J connectivity index is 2.33. The Morgan fingerprint density at radius 2 is 1.87 bits per heavy atom. The zero-order valence-electron chi connectivity index (χ0n) is 12.0. The van der Waals surface area contributed by atoms with Crippen LogP contribution in [0.15, 0.2) is 30.3 Å². The van der Waals surface area contributed by atoms with Crippen LogP contribution in [0.25, 0.3) is 0 Å². The molecular formula is C14H14ClF3N4O. The number of aliphatic hydroxyl groups is 1. The highest BCUT2D eigenvalue weighted by atomic mass is 35.5. The van der Waals surface area contributed by atoms with Crippen LogP contribution in [0.1, 0.15) is 12.6 Å². The number of nitrogens with zero attached hydrogens (tertiary/aromatic N) is 2. The Morgan fingerprint density at radius 1 is 1.22 bits per heavy atom. The first-order chi connectivity index (χ1) is 10.8. The average Bonchev–Trinajstić information content (AvgIpc) is 2.48. The summed E-state index contributed by atoms with van der Waals surface area (Å²) < 4.78 is 38.8. The van der Waals surface area contributed by atoms with E-state index >= 15 is 0 Å². The summed E-state index contributed by atoms with van der Waals surface area (Å²) in [6, 6.07) is 6.75. The van der Waals surface area contributed by atoms with Crippen molar-refractivity contribution in [2.45, 2.75) is 19.1 Å². The molecule has 2 rings (SSSR count). The van der Waals surface area contributed by atoms with Crippen LogP contribution in [-0.2, 0) is 6.18 Å². The molecule has 1 heterocycles. The van der Waals surface area contributed by atoms with Gasteiger partial charge in [0.2, 0.25) is 5.95 Å². The van der Waals surface area contributed by atoms with Gasteiger partial charge >= 0.3 is 6.18 Å². The molecule has 0 saturated heterocycles. The first-order valence-corrected chi connectivity index (χ1v) is 7.02. The SMILES string of the molecule is C[C@H](CO)Nc1nc(Nc2ccc(Cl)cc2)cc(C(F)(F)F)n1. The van der Waals surface area contributed by atoms with Gasteiger partial charge in [0.05, 0.1) is 6.61 Å². The highest BCUT2D eigenvalue weighted by Crippen LogP contribution is 2.30. The van der Waals surface area contributed by atoms with Gasteiger partial charge in [-0.2, -0.15) is 18.2 Å². The first kappa shape index (κ1) is 17.3. The summed E-state index contributed by atoms with van der Waals surface area (Å²) >= 11 is 5.76. The molecule has 0 amide bonds. The molecule has 0 aliphatic rings. The molecule has 0 spiro atoms. The van der Waals surface area contributed by atoms with Crippen LogP contribution in [-0.4, -0.2) is 27.7 Å². The van der Waals surface area contributed by atoms with E-state index < -0.39 is 17.9 Å². The molecule has 124 valence electrons. The Bertz CT molecular complexity index is 664. The molecular weight excluding hydrogens is 333 g/mol. The molecule has 0 aliphatic heterocycles. The van der Waals surface area contributed by atoms with Gasteiger partial charge in [0, 0.05) is 22.8 Å². The molecule has 0 fully saturated rings. The van der Waals surface area contributed by atoms with Crippen molar-refractivity contribution in [3.05, 3.63) is 41.0 Å². The molecule has 1 aromatic carbocycles. The van der Waals surface area contributed by atoms with E-state index in [9.17, 15) is 13.2 Å². The highest BCUT2D eigenvalue weighted by molar-refractivity contribution is 6.30. The predicted octanol–water partition coefficient (Wildman–Crippen LogP) is 3.69. The van der Waals surface area contributed by atoms with Gasteiger partial charge in [0.25, 0.3) is 0 Å². The second kappa shape index (κ2) is 7.01. The van der Waals surface area contributed by atoms with Crippen molar-refractivity contribution in [2.75, 3.05) is 17.2 Å². The van der Waals surface area contributed by atoms with E-state index in [4.69, 9.17) is 16.7 Å². The Labute approximate surface area is 135 Å². The number of anilines is 3. The van der Waals surface area contributed by atoms with Gasteiger partial charge in [-0.15, -0.1) is 0 Å². The van der Waals surface area contributed by atoms with Crippen LogP contribution in [0.3, 0.4) is 0 Å². The lowest BCUT2D eigenvalue weighted by Crippen LogP contribution is -2.22. The molecule has 0 bridgehead atoms. The maximum atomic E-state index is 12.9. The predicted molar refractivity (Wildman–Crippen MR) is 81.9 cm³/mol. The van der Waals surface area contributed by atoms with Crippen molar-refractivity contribution in [3.63, 3.8) is 0 Å². The normalized spacial score (nSPS) is 12.8. The lowest BCUT2D eigenvalue weighted by atomic mass is 10.3. The molecule has 0 radical (unpaired) electrons. The van der Waals surface area contributed by atoms with Gasteiger partial charge in [-0.3, -0.25) is 0 Å². The van der Waals surface area contributed by atoms with Crippen molar-refractivity contribution in [1.82, 2.24) is 9.97 Å². The fourth-order valence-corrected chi connectivity index (χ4v) is 1.79. The number of halogens is 4. The third kappa shape index (κ3) is 4.97. The largest absolute Gasteiger partial charge is 0.433 e. The maximum absolute atomic E-state index is 12.9. The van der Waals surface area contributed by atoms with E-state index in [2.05, 4.69) is 20.6 Å². The van der Waals surface area contributed by atoms with E-state index in [0.29, 0.717) is 10.7 Å². The van der Waals surface area contributed by atoms with Crippen LogP contribution in [0.4, 0.5) is 30.6 Å². The van der Waals surface area contributed by atoms with Gasteiger partial charge in [-0.05, 0) is 31.2 Å². The minimum atomic E-state index is -4.61. The summed E-state index contributed by atoms with van der Waals surface area (Å²) in [7, 11) is 0. The molecule has 0 aliphatic carbocycles. The molecule has 23 heavy (non-hydrogen) atoms. The Morgan fingerprint density at radius 3 is 2.43 bits per heavy atom. The lowest BCUT2D eigenvalue weighted by molar-refractivity contribution is -0.141. The molecule has 9 heteroatoms. The van der Waals surface area contributed by atoms with Gasteiger partial charge in [-0.1, -0.05) is 11.6 Å². The van der Waals surface area contributed by atoms with E-state index in [1.165, 1.54) is 0 Å². The number of nitrogens with one attached hydrogen (secondary N) is 2.